The standard InChI is InChI=1S/C14H26N4O/c1-6-8-11-12(15-5)16-10-17-13(11)18(7-2)9-14(3,4)19/h10,19H,6-9H2,1-5H3,(H,15,16,17). The molecule has 0 aromatic carbocycles. The summed E-state index contributed by atoms with van der Waals surface area (Å²) in [4.78, 5) is 10.8. The Morgan fingerprint density at radius 2 is 2.00 bits per heavy atom. The van der Waals surface area contributed by atoms with Gasteiger partial charge in [0.05, 0.1) is 5.60 Å². The van der Waals surface area contributed by atoms with Crippen molar-refractivity contribution in [2.24, 2.45) is 0 Å². The first-order chi connectivity index (χ1) is 8.92. The van der Waals surface area contributed by atoms with Gasteiger partial charge >= 0.3 is 0 Å². The second-order valence-electron chi connectivity index (χ2n) is 5.35. The van der Waals surface area contributed by atoms with Crippen LogP contribution in [0.15, 0.2) is 6.33 Å². The molecule has 19 heavy (non-hydrogen) atoms. The van der Waals surface area contributed by atoms with E-state index in [1.54, 1.807) is 6.33 Å². The summed E-state index contributed by atoms with van der Waals surface area (Å²) >= 11 is 0. The predicted octanol–water partition coefficient (Wildman–Crippen LogP) is 2.07. The van der Waals surface area contributed by atoms with Crippen LogP contribution in [0.3, 0.4) is 0 Å². The first-order valence-electron chi connectivity index (χ1n) is 6.91. The van der Waals surface area contributed by atoms with Crippen LogP contribution in [0, 0.1) is 0 Å². The van der Waals surface area contributed by atoms with Gasteiger partial charge in [-0.15, -0.1) is 0 Å². The maximum absolute atomic E-state index is 10.0. The van der Waals surface area contributed by atoms with Crippen molar-refractivity contribution < 1.29 is 5.11 Å². The molecule has 5 nitrogen and oxygen atoms in total. The summed E-state index contributed by atoms with van der Waals surface area (Å²) in [5.41, 5.74) is 0.378. The minimum Gasteiger partial charge on any atom is -0.389 e. The van der Waals surface area contributed by atoms with Gasteiger partial charge in [-0.25, -0.2) is 9.97 Å². The topological polar surface area (TPSA) is 61.3 Å². The van der Waals surface area contributed by atoms with Crippen molar-refractivity contribution >= 4 is 11.6 Å². The maximum atomic E-state index is 10.0. The van der Waals surface area contributed by atoms with E-state index < -0.39 is 5.60 Å². The van der Waals surface area contributed by atoms with Gasteiger partial charge < -0.3 is 15.3 Å². The number of likely N-dealkylation sites (N-methyl/N-ethyl adjacent to an activating group) is 1. The molecule has 1 aromatic heterocycles. The quantitative estimate of drug-likeness (QED) is 0.791. The molecule has 0 fully saturated rings. The molecule has 0 aliphatic rings. The molecule has 0 radical (unpaired) electrons. The van der Waals surface area contributed by atoms with Crippen LogP contribution < -0.4 is 10.2 Å². The average Bonchev–Trinajstić information content (AvgIpc) is 2.35. The van der Waals surface area contributed by atoms with Crippen LogP contribution in [0.1, 0.15) is 39.7 Å². The molecule has 0 spiro atoms. The first kappa shape index (κ1) is 15.7. The number of nitrogens with one attached hydrogen (secondary N) is 1. The highest BCUT2D eigenvalue weighted by Gasteiger charge is 2.21. The molecule has 0 aliphatic heterocycles. The zero-order chi connectivity index (χ0) is 14.5. The van der Waals surface area contributed by atoms with E-state index in [1.807, 2.05) is 20.9 Å². The third kappa shape index (κ3) is 4.35. The molecule has 108 valence electrons. The highest BCUT2D eigenvalue weighted by atomic mass is 16.3. The van der Waals surface area contributed by atoms with Gasteiger partial charge in [0.15, 0.2) is 0 Å². The van der Waals surface area contributed by atoms with E-state index in [0.29, 0.717) is 6.54 Å². The second-order valence-corrected chi connectivity index (χ2v) is 5.35. The van der Waals surface area contributed by atoms with Crippen molar-refractivity contribution in [3.8, 4) is 0 Å². The van der Waals surface area contributed by atoms with Crippen LogP contribution in [0.5, 0.6) is 0 Å². The molecule has 1 heterocycles. The highest BCUT2D eigenvalue weighted by molar-refractivity contribution is 5.58. The zero-order valence-corrected chi connectivity index (χ0v) is 12.7. The Hall–Kier alpha value is -1.36. The van der Waals surface area contributed by atoms with Gasteiger partial charge in [-0.3, -0.25) is 0 Å². The summed E-state index contributed by atoms with van der Waals surface area (Å²) in [6, 6.07) is 0. The van der Waals surface area contributed by atoms with E-state index >= 15 is 0 Å². The van der Waals surface area contributed by atoms with Crippen LogP contribution in [-0.4, -0.2) is 40.8 Å². The summed E-state index contributed by atoms with van der Waals surface area (Å²) in [6.07, 6.45) is 3.54. The highest BCUT2D eigenvalue weighted by Crippen LogP contribution is 2.25. The van der Waals surface area contributed by atoms with Crippen molar-refractivity contribution in [2.45, 2.75) is 46.1 Å². The molecule has 0 aliphatic carbocycles. The Kier molecular flexibility index (Phi) is 5.54. The monoisotopic (exact) mass is 266 g/mol. The Labute approximate surface area is 116 Å². The average molecular weight is 266 g/mol. The normalized spacial score (nSPS) is 11.5. The van der Waals surface area contributed by atoms with Crippen LogP contribution in [0.2, 0.25) is 0 Å². The summed E-state index contributed by atoms with van der Waals surface area (Å²) in [7, 11) is 1.87. The SMILES string of the molecule is CCCc1c(NC)ncnc1N(CC)CC(C)(C)O. The number of hydrogen-bond acceptors (Lipinski definition) is 5. The number of aliphatic hydroxyl groups is 1. The van der Waals surface area contributed by atoms with Crippen molar-refractivity contribution in [3.63, 3.8) is 0 Å². The Bertz CT molecular complexity index is 401. The van der Waals surface area contributed by atoms with Crippen molar-refractivity contribution in [1.29, 1.82) is 0 Å². The smallest absolute Gasteiger partial charge is 0.137 e. The lowest BCUT2D eigenvalue weighted by atomic mass is 10.1. The third-order valence-electron chi connectivity index (χ3n) is 2.92. The molecule has 1 aromatic rings. The lowest BCUT2D eigenvalue weighted by Crippen LogP contribution is -2.39. The van der Waals surface area contributed by atoms with E-state index in [4.69, 9.17) is 0 Å². The fourth-order valence-electron chi connectivity index (χ4n) is 2.17. The van der Waals surface area contributed by atoms with Crippen LogP contribution in [-0.2, 0) is 6.42 Å². The fraction of sp³-hybridized carbons (Fsp3) is 0.714. The molecule has 0 unspecified atom stereocenters. The summed E-state index contributed by atoms with van der Waals surface area (Å²) in [6.45, 7) is 9.21. The number of nitrogens with zero attached hydrogens (tertiary/aromatic N) is 3. The molecule has 1 rings (SSSR count). The van der Waals surface area contributed by atoms with Crippen LogP contribution >= 0.6 is 0 Å². The molecular weight excluding hydrogens is 240 g/mol. The Morgan fingerprint density at radius 1 is 1.32 bits per heavy atom. The van der Waals surface area contributed by atoms with E-state index in [-0.39, 0.29) is 0 Å². The first-order valence-corrected chi connectivity index (χ1v) is 6.91. The Balaban J connectivity index is 3.15. The fourth-order valence-corrected chi connectivity index (χ4v) is 2.17. The van der Waals surface area contributed by atoms with Gasteiger partial charge in [-0.2, -0.15) is 0 Å². The van der Waals surface area contributed by atoms with E-state index in [1.165, 1.54) is 0 Å². The van der Waals surface area contributed by atoms with Gasteiger partial charge in [-0.05, 0) is 27.2 Å². The molecular formula is C14H26N4O. The largest absolute Gasteiger partial charge is 0.389 e. The van der Waals surface area contributed by atoms with Crippen molar-refractivity contribution in [1.82, 2.24) is 9.97 Å². The van der Waals surface area contributed by atoms with E-state index in [9.17, 15) is 5.11 Å². The van der Waals surface area contributed by atoms with Gasteiger partial charge in [0.1, 0.15) is 18.0 Å². The molecule has 0 saturated carbocycles. The van der Waals surface area contributed by atoms with Gasteiger partial charge in [0.2, 0.25) is 0 Å². The molecule has 0 amide bonds. The molecule has 5 heteroatoms. The predicted molar refractivity (Wildman–Crippen MR) is 79.8 cm³/mol. The van der Waals surface area contributed by atoms with Crippen LogP contribution in [0.25, 0.3) is 0 Å². The molecule has 0 atom stereocenters. The number of rotatable bonds is 7. The molecule has 0 bridgehead atoms. The number of anilines is 2. The third-order valence-corrected chi connectivity index (χ3v) is 2.92. The van der Waals surface area contributed by atoms with E-state index in [0.717, 1.165) is 36.6 Å². The van der Waals surface area contributed by atoms with Crippen molar-refractivity contribution in [2.75, 3.05) is 30.4 Å². The van der Waals surface area contributed by atoms with Gasteiger partial charge in [0.25, 0.3) is 0 Å². The van der Waals surface area contributed by atoms with Gasteiger partial charge in [-0.1, -0.05) is 13.3 Å². The zero-order valence-electron chi connectivity index (χ0n) is 12.7. The van der Waals surface area contributed by atoms with Crippen LogP contribution in [0.4, 0.5) is 11.6 Å². The summed E-state index contributed by atoms with van der Waals surface area (Å²) in [5, 5.41) is 13.1. The lowest BCUT2D eigenvalue weighted by Gasteiger charge is -2.30. The maximum Gasteiger partial charge on any atom is 0.137 e. The number of hydrogen-bond donors (Lipinski definition) is 2. The molecule has 0 saturated heterocycles. The summed E-state index contributed by atoms with van der Waals surface area (Å²) in [5.74, 6) is 1.80. The Morgan fingerprint density at radius 3 is 2.47 bits per heavy atom. The van der Waals surface area contributed by atoms with E-state index in [2.05, 4.69) is 34.0 Å². The summed E-state index contributed by atoms with van der Waals surface area (Å²) < 4.78 is 0. The minimum absolute atomic E-state index is 0.556. The lowest BCUT2D eigenvalue weighted by molar-refractivity contribution is 0.0874. The van der Waals surface area contributed by atoms with Crippen molar-refractivity contribution in [3.05, 3.63) is 11.9 Å². The van der Waals surface area contributed by atoms with Gasteiger partial charge in [0, 0.05) is 25.7 Å². The minimum atomic E-state index is -0.746. The molecule has 2 N–H and O–H groups in total. The second kappa shape index (κ2) is 6.70. The number of aromatic nitrogens is 2.